The van der Waals surface area contributed by atoms with Crippen molar-refractivity contribution in [1.82, 2.24) is 9.55 Å². The molecule has 0 unspecified atom stereocenters. The molecule has 0 radical (unpaired) electrons. The predicted molar refractivity (Wildman–Crippen MR) is 144 cm³/mol. The molecule has 0 aliphatic rings. The maximum Gasteiger partial charge on any atom is 0.124 e. The van der Waals surface area contributed by atoms with Gasteiger partial charge in [-0.05, 0) is 42.5 Å². The Morgan fingerprint density at radius 3 is 2.33 bits per heavy atom. The molecule has 2 nitrogen and oxygen atoms in total. The summed E-state index contributed by atoms with van der Waals surface area (Å²) < 4.78 is 6.42. The van der Waals surface area contributed by atoms with Gasteiger partial charge in [-0.25, -0.2) is 4.98 Å². The quantitative estimate of drug-likeness (QED) is 0.241. The van der Waals surface area contributed by atoms with Gasteiger partial charge in [0.15, 0.2) is 0 Å². The Morgan fingerprint density at radius 2 is 1.36 bits per heavy atom. The smallest absolute Gasteiger partial charge is 0.124 e. The van der Waals surface area contributed by atoms with Crippen molar-refractivity contribution in [2.24, 2.45) is 0 Å². The molecule has 0 bridgehead atoms. The van der Waals surface area contributed by atoms with Gasteiger partial charge in [-0.15, -0.1) is 22.7 Å². The molecular weight excluding hydrogens is 440 g/mol. The van der Waals surface area contributed by atoms with Gasteiger partial charge in [0.25, 0.3) is 0 Å². The zero-order chi connectivity index (χ0) is 21.5. The van der Waals surface area contributed by atoms with Gasteiger partial charge in [-0.1, -0.05) is 48.5 Å². The second-order valence-electron chi connectivity index (χ2n) is 8.43. The average Bonchev–Trinajstić information content (AvgIpc) is 3.53. The van der Waals surface area contributed by atoms with Crippen molar-refractivity contribution in [2.45, 2.75) is 0 Å². The fourth-order valence-corrected chi connectivity index (χ4v) is 7.51. The summed E-state index contributed by atoms with van der Waals surface area (Å²) >= 11 is 3.66. The zero-order valence-electron chi connectivity index (χ0n) is 17.4. The van der Waals surface area contributed by atoms with E-state index < -0.39 is 0 Å². The first kappa shape index (κ1) is 17.8. The lowest BCUT2D eigenvalue weighted by Gasteiger charge is -2.09. The van der Waals surface area contributed by atoms with Crippen LogP contribution in [0.4, 0.5) is 0 Å². The van der Waals surface area contributed by atoms with E-state index >= 15 is 0 Å². The van der Waals surface area contributed by atoms with Gasteiger partial charge in [-0.3, -0.25) is 0 Å². The Kier molecular flexibility index (Phi) is 3.45. The van der Waals surface area contributed by atoms with Gasteiger partial charge in [-0.2, -0.15) is 0 Å². The Labute approximate surface area is 196 Å². The first-order chi connectivity index (χ1) is 16.4. The third-order valence-electron chi connectivity index (χ3n) is 6.67. The van der Waals surface area contributed by atoms with Crippen molar-refractivity contribution in [3.8, 4) is 5.69 Å². The summed E-state index contributed by atoms with van der Waals surface area (Å²) in [6, 6.07) is 33.2. The first-order valence-corrected chi connectivity index (χ1v) is 12.6. The molecule has 0 saturated heterocycles. The highest BCUT2D eigenvalue weighted by molar-refractivity contribution is 7.26. The number of pyridine rings is 1. The number of fused-ring (bicyclic) bond motifs is 10. The molecule has 0 atom stereocenters. The molecular formula is C29H16N2S2. The van der Waals surface area contributed by atoms with Gasteiger partial charge < -0.3 is 4.57 Å². The van der Waals surface area contributed by atoms with Crippen LogP contribution in [0.15, 0.2) is 97.2 Å². The van der Waals surface area contributed by atoms with Gasteiger partial charge in [0.1, 0.15) is 4.83 Å². The molecule has 4 heterocycles. The van der Waals surface area contributed by atoms with E-state index in [4.69, 9.17) is 0 Å². The van der Waals surface area contributed by atoms with Crippen LogP contribution in [0.3, 0.4) is 0 Å². The van der Waals surface area contributed by atoms with Crippen molar-refractivity contribution in [3.05, 3.63) is 97.2 Å². The number of para-hydroxylation sites is 1. The minimum absolute atomic E-state index is 1.09. The highest BCUT2D eigenvalue weighted by atomic mass is 32.1. The minimum atomic E-state index is 1.09. The lowest BCUT2D eigenvalue weighted by molar-refractivity contribution is 1.19. The topological polar surface area (TPSA) is 17.8 Å². The monoisotopic (exact) mass is 456 g/mol. The largest absolute Gasteiger partial charge is 0.308 e. The van der Waals surface area contributed by atoms with E-state index in [1.54, 1.807) is 11.3 Å². The highest BCUT2D eigenvalue weighted by Crippen LogP contribution is 2.43. The minimum Gasteiger partial charge on any atom is -0.308 e. The van der Waals surface area contributed by atoms with E-state index in [-0.39, 0.29) is 0 Å². The number of thiophene rings is 2. The molecule has 0 amide bonds. The molecule has 8 rings (SSSR count). The average molecular weight is 457 g/mol. The molecule has 33 heavy (non-hydrogen) atoms. The summed E-state index contributed by atoms with van der Waals surface area (Å²) in [5.74, 6) is 0. The zero-order valence-corrected chi connectivity index (χ0v) is 19.1. The van der Waals surface area contributed by atoms with Crippen LogP contribution in [0.1, 0.15) is 0 Å². The molecule has 0 fully saturated rings. The second-order valence-corrected chi connectivity index (χ2v) is 10.5. The SMILES string of the molecule is c1ccc2c(c1)sc1ccc(-n3c4ccccc4c4ccc5c6cccnc6sc5c43)cc12. The fraction of sp³-hybridized carbons (Fsp3) is 0. The standard InChI is InChI=1S/C29H16N2S2/c1-3-9-24-18(6-1)20-12-13-21-22-8-5-15-30-29(22)33-28(21)27(20)31(24)17-11-14-26-23(16-17)19-7-2-4-10-25(19)32-26/h1-16H. The fourth-order valence-electron chi connectivity index (χ4n) is 5.24. The van der Waals surface area contributed by atoms with E-state index in [1.165, 1.54) is 63.1 Å². The third-order valence-corrected chi connectivity index (χ3v) is 8.96. The lowest BCUT2D eigenvalue weighted by atomic mass is 10.1. The number of rotatable bonds is 1. The van der Waals surface area contributed by atoms with Gasteiger partial charge >= 0.3 is 0 Å². The van der Waals surface area contributed by atoms with Crippen molar-refractivity contribution >= 4 is 85.0 Å². The molecule has 4 heteroatoms. The lowest BCUT2D eigenvalue weighted by Crippen LogP contribution is -1.93. The molecule has 4 aromatic carbocycles. The normalized spacial score (nSPS) is 12.2. The molecule has 8 aromatic rings. The molecule has 4 aromatic heterocycles. The predicted octanol–water partition coefficient (Wildman–Crippen LogP) is 8.91. The van der Waals surface area contributed by atoms with Crippen LogP contribution in [0, 0.1) is 0 Å². The van der Waals surface area contributed by atoms with Gasteiger partial charge in [0.2, 0.25) is 0 Å². The van der Waals surface area contributed by atoms with Crippen LogP contribution < -0.4 is 0 Å². The number of hydrogen-bond acceptors (Lipinski definition) is 3. The Balaban J connectivity index is 1.57. The van der Waals surface area contributed by atoms with Crippen molar-refractivity contribution < 1.29 is 0 Å². The molecule has 0 N–H and O–H groups in total. The van der Waals surface area contributed by atoms with Gasteiger partial charge in [0, 0.05) is 53.6 Å². The summed E-state index contributed by atoms with van der Waals surface area (Å²) in [6.07, 6.45) is 1.89. The number of hydrogen-bond donors (Lipinski definition) is 0. The molecule has 0 spiro atoms. The van der Waals surface area contributed by atoms with E-state index in [2.05, 4.69) is 94.5 Å². The van der Waals surface area contributed by atoms with E-state index in [1.807, 2.05) is 23.6 Å². The molecule has 0 aliphatic heterocycles. The maximum absolute atomic E-state index is 4.66. The maximum atomic E-state index is 4.66. The van der Waals surface area contributed by atoms with Crippen LogP contribution in [0.5, 0.6) is 0 Å². The van der Waals surface area contributed by atoms with Crippen molar-refractivity contribution in [2.75, 3.05) is 0 Å². The Bertz CT molecular complexity index is 2040. The Hall–Kier alpha value is -3.73. The van der Waals surface area contributed by atoms with Crippen LogP contribution in [-0.4, -0.2) is 9.55 Å². The third kappa shape index (κ3) is 2.34. The van der Waals surface area contributed by atoms with E-state index in [9.17, 15) is 0 Å². The van der Waals surface area contributed by atoms with Crippen molar-refractivity contribution in [3.63, 3.8) is 0 Å². The summed E-state index contributed by atoms with van der Waals surface area (Å²) in [4.78, 5) is 5.75. The van der Waals surface area contributed by atoms with Crippen molar-refractivity contribution in [1.29, 1.82) is 0 Å². The Morgan fingerprint density at radius 1 is 0.576 bits per heavy atom. The number of benzene rings is 4. The van der Waals surface area contributed by atoms with E-state index in [0.29, 0.717) is 0 Å². The first-order valence-electron chi connectivity index (χ1n) is 11.0. The van der Waals surface area contributed by atoms with Crippen LogP contribution >= 0.6 is 22.7 Å². The molecule has 0 saturated carbocycles. The summed E-state index contributed by atoms with van der Waals surface area (Å²) in [7, 11) is 0. The van der Waals surface area contributed by atoms with Gasteiger partial charge in [0.05, 0.1) is 15.7 Å². The number of nitrogens with zero attached hydrogens (tertiary/aromatic N) is 2. The van der Waals surface area contributed by atoms with E-state index in [0.717, 1.165) is 4.83 Å². The summed E-state index contributed by atoms with van der Waals surface area (Å²) in [5, 5.41) is 7.74. The summed E-state index contributed by atoms with van der Waals surface area (Å²) in [6.45, 7) is 0. The highest BCUT2D eigenvalue weighted by Gasteiger charge is 2.18. The van der Waals surface area contributed by atoms with Crippen LogP contribution in [-0.2, 0) is 0 Å². The second kappa shape index (κ2) is 6.41. The van der Waals surface area contributed by atoms with Crippen LogP contribution in [0.2, 0.25) is 0 Å². The van der Waals surface area contributed by atoms with Crippen LogP contribution in [0.25, 0.3) is 68.0 Å². The number of aromatic nitrogens is 2. The summed E-state index contributed by atoms with van der Waals surface area (Å²) in [5.41, 5.74) is 3.72. The molecule has 154 valence electrons. The molecule has 0 aliphatic carbocycles.